The number of anilines is 1. The van der Waals surface area contributed by atoms with E-state index in [9.17, 15) is 4.39 Å². The second-order valence-corrected chi connectivity index (χ2v) is 6.79. The Morgan fingerprint density at radius 2 is 1.65 bits per heavy atom. The summed E-state index contributed by atoms with van der Waals surface area (Å²) in [5, 5.41) is 4.22. The monoisotopic (exact) mass is 389 g/mol. The van der Waals surface area contributed by atoms with E-state index in [2.05, 4.69) is 5.32 Å². The van der Waals surface area contributed by atoms with E-state index < -0.39 is 0 Å². The molecule has 0 aliphatic carbocycles. The first-order valence-electron chi connectivity index (χ1n) is 8.17. The normalized spacial score (nSPS) is 10.6. The third kappa shape index (κ3) is 4.69. The molecule has 0 aromatic heterocycles. The van der Waals surface area contributed by atoms with Crippen molar-refractivity contribution in [3.8, 4) is 5.75 Å². The lowest BCUT2D eigenvalue weighted by Gasteiger charge is -2.14. The molecule has 0 radical (unpaired) electrons. The highest BCUT2D eigenvalue weighted by atomic mass is 35.5. The maximum atomic E-state index is 13.2. The van der Waals surface area contributed by atoms with Gasteiger partial charge in [0.15, 0.2) is 5.75 Å². The van der Waals surface area contributed by atoms with Crippen molar-refractivity contribution in [1.82, 2.24) is 0 Å². The average molecular weight is 390 g/mol. The molecule has 0 fully saturated rings. The van der Waals surface area contributed by atoms with Crippen LogP contribution in [0.3, 0.4) is 0 Å². The minimum Gasteiger partial charge on any atom is -0.486 e. The van der Waals surface area contributed by atoms with Crippen LogP contribution in [-0.2, 0) is 13.2 Å². The van der Waals surface area contributed by atoms with Crippen LogP contribution in [0.15, 0.2) is 60.7 Å². The van der Waals surface area contributed by atoms with Crippen molar-refractivity contribution in [2.75, 3.05) is 5.32 Å². The minimum atomic E-state index is -0.305. The van der Waals surface area contributed by atoms with Gasteiger partial charge < -0.3 is 10.1 Å². The lowest BCUT2D eigenvalue weighted by atomic mass is 10.1. The number of aryl methyl sites for hydroxylation is 1. The fourth-order valence-electron chi connectivity index (χ4n) is 2.60. The summed E-state index contributed by atoms with van der Waals surface area (Å²) in [7, 11) is 0. The highest BCUT2D eigenvalue weighted by molar-refractivity contribution is 6.37. The van der Waals surface area contributed by atoms with E-state index in [-0.39, 0.29) is 12.4 Å². The van der Waals surface area contributed by atoms with Gasteiger partial charge in [0.05, 0.1) is 10.0 Å². The molecule has 1 N–H and O–H groups in total. The quantitative estimate of drug-likeness (QED) is 0.510. The van der Waals surface area contributed by atoms with E-state index in [4.69, 9.17) is 27.9 Å². The smallest absolute Gasteiger partial charge is 0.156 e. The number of nitrogens with one attached hydrogen (secondary N) is 1. The third-order valence-electron chi connectivity index (χ3n) is 3.96. The summed E-state index contributed by atoms with van der Waals surface area (Å²) in [6.45, 7) is 2.83. The number of benzene rings is 3. The third-order valence-corrected chi connectivity index (χ3v) is 4.52. The summed E-state index contributed by atoms with van der Waals surface area (Å²) in [5.41, 5.74) is 3.88. The molecule has 134 valence electrons. The number of halogens is 3. The van der Waals surface area contributed by atoms with Gasteiger partial charge >= 0.3 is 0 Å². The van der Waals surface area contributed by atoms with E-state index in [1.807, 2.05) is 43.3 Å². The van der Waals surface area contributed by atoms with Gasteiger partial charge in [-0.05, 0) is 53.9 Å². The van der Waals surface area contributed by atoms with E-state index >= 15 is 0 Å². The Hall–Kier alpha value is -2.23. The minimum absolute atomic E-state index is 0.192. The summed E-state index contributed by atoms with van der Waals surface area (Å²) in [6.07, 6.45) is 0. The molecule has 3 aromatic rings. The molecule has 0 bridgehead atoms. The maximum absolute atomic E-state index is 13.2. The van der Waals surface area contributed by atoms with Crippen LogP contribution in [0, 0.1) is 12.7 Å². The molecule has 0 aliphatic heterocycles. The van der Waals surface area contributed by atoms with Gasteiger partial charge in [0.25, 0.3) is 0 Å². The number of rotatable bonds is 6. The number of hydrogen-bond acceptors (Lipinski definition) is 2. The molecule has 0 saturated heterocycles. The van der Waals surface area contributed by atoms with Crippen molar-refractivity contribution in [2.24, 2.45) is 0 Å². The molecule has 0 saturated carbocycles. The summed E-state index contributed by atoms with van der Waals surface area (Å²) < 4.78 is 18.9. The maximum Gasteiger partial charge on any atom is 0.156 e. The molecular weight excluding hydrogens is 372 g/mol. The predicted octanol–water partition coefficient (Wildman–Crippen LogP) is 6.63. The van der Waals surface area contributed by atoms with Gasteiger partial charge in [-0.3, -0.25) is 0 Å². The molecular formula is C21H18Cl2FNO. The Morgan fingerprint density at radius 1 is 0.923 bits per heavy atom. The highest BCUT2D eigenvalue weighted by Gasteiger charge is 2.11. The first kappa shape index (κ1) is 18.6. The lowest BCUT2D eigenvalue weighted by Crippen LogP contribution is -2.02. The van der Waals surface area contributed by atoms with Crippen molar-refractivity contribution >= 4 is 28.9 Å². The van der Waals surface area contributed by atoms with Crippen molar-refractivity contribution in [3.63, 3.8) is 0 Å². The molecule has 0 heterocycles. The summed E-state index contributed by atoms with van der Waals surface area (Å²) in [4.78, 5) is 0. The molecule has 0 aliphatic rings. The van der Waals surface area contributed by atoms with Crippen LogP contribution in [0.5, 0.6) is 5.75 Å². The van der Waals surface area contributed by atoms with Crippen LogP contribution in [-0.4, -0.2) is 0 Å². The second kappa shape index (κ2) is 8.43. The molecule has 5 heteroatoms. The Labute approximate surface area is 162 Å². The molecule has 0 atom stereocenters. The molecule has 0 unspecified atom stereocenters. The standard InChI is InChI=1S/C21H18Cl2FNO/c1-14-5-2-3-8-20(14)25-12-16-10-18(22)21(19(23)11-16)26-13-15-6-4-7-17(24)9-15/h2-11,25H,12-13H2,1H3. The Bertz CT molecular complexity index is 891. The Morgan fingerprint density at radius 3 is 2.35 bits per heavy atom. The van der Waals surface area contributed by atoms with Crippen molar-refractivity contribution in [2.45, 2.75) is 20.1 Å². The first-order chi connectivity index (χ1) is 12.5. The van der Waals surface area contributed by atoms with Crippen LogP contribution < -0.4 is 10.1 Å². The molecule has 0 spiro atoms. The fraction of sp³-hybridized carbons (Fsp3) is 0.143. The molecule has 2 nitrogen and oxygen atoms in total. The molecule has 3 aromatic carbocycles. The van der Waals surface area contributed by atoms with Gasteiger partial charge in [-0.2, -0.15) is 0 Å². The van der Waals surface area contributed by atoms with Crippen molar-refractivity contribution in [1.29, 1.82) is 0 Å². The zero-order valence-electron chi connectivity index (χ0n) is 14.2. The molecule has 3 rings (SSSR count). The summed E-state index contributed by atoms with van der Waals surface area (Å²) in [6, 6.07) is 17.9. The van der Waals surface area contributed by atoms with Gasteiger partial charge in [0, 0.05) is 12.2 Å². The zero-order chi connectivity index (χ0) is 18.5. The Kier molecular flexibility index (Phi) is 6.02. The topological polar surface area (TPSA) is 21.3 Å². The predicted molar refractivity (Wildman–Crippen MR) is 106 cm³/mol. The largest absolute Gasteiger partial charge is 0.486 e. The van der Waals surface area contributed by atoms with E-state index in [0.29, 0.717) is 27.9 Å². The number of para-hydroxylation sites is 1. The molecule has 0 amide bonds. The SMILES string of the molecule is Cc1ccccc1NCc1cc(Cl)c(OCc2cccc(F)c2)c(Cl)c1. The second-order valence-electron chi connectivity index (χ2n) is 5.98. The van der Waals surface area contributed by atoms with E-state index in [1.54, 1.807) is 12.1 Å². The van der Waals surface area contributed by atoms with Gasteiger partial charge in [-0.15, -0.1) is 0 Å². The van der Waals surface area contributed by atoms with Gasteiger partial charge in [0.1, 0.15) is 12.4 Å². The van der Waals surface area contributed by atoms with Gasteiger partial charge in [0.2, 0.25) is 0 Å². The zero-order valence-corrected chi connectivity index (χ0v) is 15.7. The van der Waals surface area contributed by atoms with Crippen LogP contribution in [0.25, 0.3) is 0 Å². The van der Waals surface area contributed by atoms with Gasteiger partial charge in [-0.1, -0.05) is 53.5 Å². The van der Waals surface area contributed by atoms with E-state index in [1.165, 1.54) is 17.7 Å². The number of ether oxygens (including phenoxy) is 1. The first-order valence-corrected chi connectivity index (χ1v) is 8.93. The average Bonchev–Trinajstić information content (AvgIpc) is 2.60. The van der Waals surface area contributed by atoms with Crippen LogP contribution in [0.4, 0.5) is 10.1 Å². The van der Waals surface area contributed by atoms with Crippen molar-refractivity contribution in [3.05, 3.63) is 93.2 Å². The van der Waals surface area contributed by atoms with Gasteiger partial charge in [-0.25, -0.2) is 4.39 Å². The van der Waals surface area contributed by atoms with Crippen LogP contribution in [0.2, 0.25) is 10.0 Å². The van der Waals surface area contributed by atoms with E-state index in [0.717, 1.165) is 11.3 Å². The van der Waals surface area contributed by atoms with Crippen molar-refractivity contribution < 1.29 is 9.13 Å². The lowest BCUT2D eigenvalue weighted by molar-refractivity contribution is 0.306. The summed E-state index contributed by atoms with van der Waals surface area (Å²) in [5.74, 6) is 0.0955. The summed E-state index contributed by atoms with van der Waals surface area (Å²) >= 11 is 12.7. The Balaban J connectivity index is 1.69. The molecule has 26 heavy (non-hydrogen) atoms. The highest BCUT2D eigenvalue weighted by Crippen LogP contribution is 2.35. The fourth-order valence-corrected chi connectivity index (χ4v) is 3.24. The van der Waals surface area contributed by atoms with Crippen LogP contribution in [0.1, 0.15) is 16.7 Å². The van der Waals surface area contributed by atoms with Crippen LogP contribution >= 0.6 is 23.2 Å². The number of hydrogen-bond donors (Lipinski definition) is 1.